The van der Waals surface area contributed by atoms with Gasteiger partial charge in [-0.1, -0.05) is 12.1 Å². The molecule has 1 aromatic rings. The fraction of sp³-hybridized carbons (Fsp3) is 0.533. The second-order valence-corrected chi connectivity index (χ2v) is 5.01. The van der Waals surface area contributed by atoms with Crippen molar-refractivity contribution in [3.05, 3.63) is 29.8 Å². The van der Waals surface area contributed by atoms with Gasteiger partial charge in [0.05, 0.1) is 12.7 Å². The Hall–Kier alpha value is -1.59. The fourth-order valence-electron chi connectivity index (χ4n) is 2.18. The largest absolute Gasteiger partial charge is 0.508 e. The lowest BCUT2D eigenvalue weighted by Gasteiger charge is -2.22. The number of piperidine rings is 1. The molecule has 1 saturated heterocycles. The van der Waals surface area contributed by atoms with E-state index >= 15 is 0 Å². The molecule has 0 bridgehead atoms. The molecular formula is C15H22N2O3. The zero-order chi connectivity index (χ0) is 14.2. The van der Waals surface area contributed by atoms with Crippen molar-refractivity contribution in [2.24, 2.45) is 0 Å². The van der Waals surface area contributed by atoms with Crippen molar-refractivity contribution >= 4 is 5.91 Å². The van der Waals surface area contributed by atoms with Crippen LogP contribution in [0.1, 0.15) is 24.8 Å². The van der Waals surface area contributed by atoms with Gasteiger partial charge >= 0.3 is 0 Å². The van der Waals surface area contributed by atoms with Gasteiger partial charge in [-0.25, -0.2) is 0 Å². The van der Waals surface area contributed by atoms with Crippen LogP contribution in [0.3, 0.4) is 0 Å². The number of benzene rings is 1. The molecule has 1 amide bonds. The number of carbonyl (C=O) groups excluding carboxylic acids is 1. The SMILES string of the molecule is O=C(CCOC1CCNCC1)NCc1ccc(O)cc1. The minimum absolute atomic E-state index is 0.00740. The normalized spacial score (nSPS) is 16.0. The van der Waals surface area contributed by atoms with Crippen molar-refractivity contribution in [2.45, 2.75) is 31.9 Å². The maximum atomic E-state index is 11.7. The Morgan fingerprint density at radius 3 is 2.70 bits per heavy atom. The van der Waals surface area contributed by atoms with Crippen LogP contribution in [0.2, 0.25) is 0 Å². The standard InChI is InChI=1S/C15H22N2O3/c18-13-3-1-12(2-4-13)11-17-15(19)7-10-20-14-5-8-16-9-6-14/h1-4,14,16,18H,5-11H2,(H,17,19). The zero-order valence-electron chi connectivity index (χ0n) is 11.6. The monoisotopic (exact) mass is 278 g/mol. The van der Waals surface area contributed by atoms with E-state index in [0.717, 1.165) is 31.5 Å². The number of carbonyl (C=O) groups is 1. The Kier molecular flexibility index (Phi) is 5.83. The molecule has 2 rings (SSSR count). The first-order valence-corrected chi connectivity index (χ1v) is 7.11. The molecule has 0 atom stereocenters. The predicted molar refractivity (Wildman–Crippen MR) is 76.4 cm³/mol. The molecule has 20 heavy (non-hydrogen) atoms. The highest BCUT2D eigenvalue weighted by atomic mass is 16.5. The number of hydrogen-bond donors (Lipinski definition) is 3. The number of hydrogen-bond acceptors (Lipinski definition) is 4. The van der Waals surface area contributed by atoms with Gasteiger partial charge in [-0.3, -0.25) is 4.79 Å². The number of amides is 1. The molecule has 0 unspecified atom stereocenters. The van der Waals surface area contributed by atoms with Gasteiger partial charge < -0.3 is 20.5 Å². The topological polar surface area (TPSA) is 70.6 Å². The summed E-state index contributed by atoms with van der Waals surface area (Å²) in [5.74, 6) is 0.224. The van der Waals surface area contributed by atoms with E-state index in [-0.39, 0.29) is 11.7 Å². The van der Waals surface area contributed by atoms with E-state index in [1.807, 2.05) is 0 Å². The lowest BCUT2D eigenvalue weighted by molar-refractivity contribution is -0.122. The van der Waals surface area contributed by atoms with Gasteiger partial charge in [-0.15, -0.1) is 0 Å². The molecule has 5 heteroatoms. The maximum Gasteiger partial charge on any atom is 0.222 e. The van der Waals surface area contributed by atoms with Crippen molar-refractivity contribution in [3.8, 4) is 5.75 Å². The summed E-state index contributed by atoms with van der Waals surface area (Å²) in [5.41, 5.74) is 0.968. The molecule has 0 aromatic heterocycles. The van der Waals surface area contributed by atoms with E-state index in [4.69, 9.17) is 9.84 Å². The van der Waals surface area contributed by atoms with Gasteiger partial charge in [0.25, 0.3) is 0 Å². The Balaban J connectivity index is 1.59. The third-order valence-corrected chi connectivity index (χ3v) is 3.39. The van der Waals surface area contributed by atoms with Crippen LogP contribution in [0.5, 0.6) is 5.75 Å². The Morgan fingerprint density at radius 1 is 1.30 bits per heavy atom. The average molecular weight is 278 g/mol. The average Bonchev–Trinajstić information content (AvgIpc) is 2.48. The predicted octanol–water partition coefficient (Wildman–Crippen LogP) is 1.17. The summed E-state index contributed by atoms with van der Waals surface area (Å²) in [5, 5.41) is 15.3. The van der Waals surface area contributed by atoms with Crippen LogP contribution in [-0.4, -0.2) is 36.8 Å². The smallest absolute Gasteiger partial charge is 0.222 e. The number of phenolic OH excluding ortho intramolecular Hbond substituents is 1. The first-order valence-electron chi connectivity index (χ1n) is 7.11. The summed E-state index contributed by atoms with van der Waals surface area (Å²) in [6.07, 6.45) is 2.73. The Morgan fingerprint density at radius 2 is 2.00 bits per heavy atom. The van der Waals surface area contributed by atoms with Crippen LogP contribution < -0.4 is 10.6 Å². The summed E-state index contributed by atoms with van der Waals surface area (Å²) in [6, 6.07) is 6.81. The molecule has 1 aliphatic rings. The molecule has 1 fully saturated rings. The summed E-state index contributed by atoms with van der Waals surface area (Å²) >= 11 is 0. The summed E-state index contributed by atoms with van der Waals surface area (Å²) in [7, 11) is 0. The van der Waals surface area contributed by atoms with Gasteiger partial charge in [0.15, 0.2) is 0 Å². The van der Waals surface area contributed by atoms with Crippen molar-refractivity contribution in [1.82, 2.24) is 10.6 Å². The lowest BCUT2D eigenvalue weighted by atomic mass is 10.1. The molecule has 0 radical (unpaired) electrons. The molecular weight excluding hydrogens is 256 g/mol. The van der Waals surface area contributed by atoms with Gasteiger partial charge in [0, 0.05) is 13.0 Å². The van der Waals surface area contributed by atoms with Crippen LogP contribution in [0.15, 0.2) is 24.3 Å². The molecule has 1 heterocycles. The number of ether oxygens (including phenoxy) is 1. The maximum absolute atomic E-state index is 11.7. The van der Waals surface area contributed by atoms with Crippen LogP contribution in [0.25, 0.3) is 0 Å². The highest BCUT2D eigenvalue weighted by molar-refractivity contribution is 5.75. The lowest BCUT2D eigenvalue weighted by Crippen LogP contribution is -2.33. The van der Waals surface area contributed by atoms with Crippen LogP contribution >= 0.6 is 0 Å². The zero-order valence-corrected chi connectivity index (χ0v) is 11.6. The number of nitrogens with one attached hydrogen (secondary N) is 2. The number of rotatable bonds is 6. The van der Waals surface area contributed by atoms with Crippen LogP contribution in [-0.2, 0) is 16.1 Å². The second-order valence-electron chi connectivity index (χ2n) is 5.01. The van der Waals surface area contributed by atoms with E-state index in [9.17, 15) is 4.79 Å². The van der Waals surface area contributed by atoms with E-state index in [2.05, 4.69) is 10.6 Å². The van der Waals surface area contributed by atoms with E-state index in [0.29, 0.717) is 25.7 Å². The second kappa shape index (κ2) is 7.87. The molecule has 5 nitrogen and oxygen atoms in total. The van der Waals surface area contributed by atoms with E-state index in [1.165, 1.54) is 0 Å². The molecule has 0 saturated carbocycles. The quantitative estimate of drug-likeness (QED) is 0.730. The molecule has 110 valence electrons. The van der Waals surface area contributed by atoms with Gasteiger partial charge in [0.1, 0.15) is 5.75 Å². The molecule has 3 N–H and O–H groups in total. The van der Waals surface area contributed by atoms with Crippen LogP contribution in [0, 0.1) is 0 Å². The van der Waals surface area contributed by atoms with Crippen LogP contribution in [0.4, 0.5) is 0 Å². The molecule has 1 aromatic carbocycles. The summed E-state index contributed by atoms with van der Waals surface area (Å²) in [4.78, 5) is 11.7. The highest BCUT2D eigenvalue weighted by Crippen LogP contribution is 2.09. The Bertz CT molecular complexity index is 414. The Labute approximate surface area is 119 Å². The fourth-order valence-corrected chi connectivity index (χ4v) is 2.18. The minimum atomic E-state index is -0.00740. The molecule has 0 spiro atoms. The summed E-state index contributed by atoms with van der Waals surface area (Å²) in [6.45, 7) is 2.95. The number of aromatic hydroxyl groups is 1. The van der Waals surface area contributed by atoms with Gasteiger partial charge in [-0.2, -0.15) is 0 Å². The van der Waals surface area contributed by atoms with E-state index < -0.39 is 0 Å². The highest BCUT2D eigenvalue weighted by Gasteiger charge is 2.13. The van der Waals surface area contributed by atoms with Crippen molar-refractivity contribution in [3.63, 3.8) is 0 Å². The third-order valence-electron chi connectivity index (χ3n) is 3.39. The third kappa shape index (κ3) is 5.19. The molecule has 0 aliphatic carbocycles. The number of phenols is 1. The minimum Gasteiger partial charge on any atom is -0.508 e. The van der Waals surface area contributed by atoms with Crippen molar-refractivity contribution in [1.29, 1.82) is 0 Å². The van der Waals surface area contributed by atoms with Crippen molar-refractivity contribution < 1.29 is 14.6 Å². The summed E-state index contributed by atoms with van der Waals surface area (Å²) < 4.78 is 5.69. The van der Waals surface area contributed by atoms with Crippen molar-refractivity contribution in [2.75, 3.05) is 19.7 Å². The van der Waals surface area contributed by atoms with E-state index in [1.54, 1.807) is 24.3 Å². The van der Waals surface area contributed by atoms with Gasteiger partial charge in [0.2, 0.25) is 5.91 Å². The first kappa shape index (κ1) is 14.8. The first-order chi connectivity index (χ1) is 9.74. The van der Waals surface area contributed by atoms with Gasteiger partial charge in [-0.05, 0) is 43.6 Å². The molecule has 1 aliphatic heterocycles.